The van der Waals surface area contributed by atoms with Gasteiger partial charge in [-0.3, -0.25) is 14.6 Å². The van der Waals surface area contributed by atoms with Gasteiger partial charge < -0.3 is 9.84 Å². The van der Waals surface area contributed by atoms with Crippen LogP contribution in [0.5, 0.6) is 5.75 Å². The first-order chi connectivity index (χ1) is 16.1. The third-order valence-electron chi connectivity index (χ3n) is 5.69. The van der Waals surface area contributed by atoms with Crippen LogP contribution in [0.1, 0.15) is 40.1 Å². The Kier molecular flexibility index (Phi) is 5.70. The Labute approximate surface area is 195 Å². The topological polar surface area (TPSA) is 118 Å². The predicted molar refractivity (Wildman–Crippen MR) is 125 cm³/mol. The third-order valence-corrected chi connectivity index (χ3v) is 6.59. The van der Waals surface area contributed by atoms with E-state index in [0.29, 0.717) is 21.4 Å². The van der Waals surface area contributed by atoms with Crippen molar-refractivity contribution in [2.75, 3.05) is 7.11 Å². The number of ether oxygens (including phenoxy) is 1. The molecule has 10 heteroatoms. The maximum Gasteiger partial charge on any atom is 0.337 e. The number of aromatic amines is 1. The summed E-state index contributed by atoms with van der Waals surface area (Å²) in [6, 6.07) is 10.4. The van der Waals surface area contributed by atoms with E-state index in [1.54, 1.807) is 38.1 Å². The second-order valence-electron chi connectivity index (χ2n) is 8.05. The maximum atomic E-state index is 14.9. The lowest BCUT2D eigenvalue weighted by Gasteiger charge is -2.25. The van der Waals surface area contributed by atoms with Crippen molar-refractivity contribution >= 4 is 33.3 Å². The zero-order valence-electron chi connectivity index (χ0n) is 18.3. The Balaban J connectivity index is 1.92. The van der Waals surface area contributed by atoms with Crippen LogP contribution < -0.4 is 16.0 Å². The molecule has 4 rings (SSSR count). The zero-order chi connectivity index (χ0) is 24.8. The van der Waals surface area contributed by atoms with Crippen LogP contribution in [0.2, 0.25) is 0 Å². The van der Waals surface area contributed by atoms with Gasteiger partial charge in [0.05, 0.1) is 34.7 Å². The number of aromatic carboxylic acids is 1. The van der Waals surface area contributed by atoms with Crippen LogP contribution in [-0.2, 0) is 5.41 Å². The molecule has 0 aliphatic rings. The summed E-state index contributed by atoms with van der Waals surface area (Å²) in [5.74, 6) is -2.17. The van der Waals surface area contributed by atoms with E-state index < -0.39 is 34.1 Å². The molecule has 0 fully saturated rings. The number of carbonyl (C=O) groups excluding carboxylic acids is 1. The highest BCUT2D eigenvalue weighted by Gasteiger charge is 2.33. The smallest absolute Gasteiger partial charge is 0.337 e. The van der Waals surface area contributed by atoms with E-state index in [4.69, 9.17) is 4.74 Å². The molecule has 0 bridgehead atoms. The minimum Gasteiger partial charge on any atom is -0.496 e. The predicted octanol–water partition coefficient (Wildman–Crippen LogP) is 3.75. The zero-order valence-corrected chi connectivity index (χ0v) is 19.2. The van der Waals surface area contributed by atoms with Crippen molar-refractivity contribution in [3.63, 3.8) is 0 Å². The number of ketones is 1. The normalized spacial score (nSPS) is 11.5. The van der Waals surface area contributed by atoms with Gasteiger partial charge in [0.1, 0.15) is 16.4 Å². The molecular formula is C24H19FN2O6S. The number of methoxy groups -OCH3 is 1. The van der Waals surface area contributed by atoms with Crippen molar-refractivity contribution in [1.29, 1.82) is 0 Å². The number of para-hydroxylation sites is 1. The average molecular weight is 482 g/mol. The summed E-state index contributed by atoms with van der Waals surface area (Å²) in [5.41, 5.74) is -3.11. The highest BCUT2D eigenvalue weighted by molar-refractivity contribution is 7.17. The number of Topliss-reactive ketones (excluding diaryl/α,β-unsaturated/α-hetero) is 1. The highest BCUT2D eigenvalue weighted by atomic mass is 32.1. The van der Waals surface area contributed by atoms with E-state index in [1.165, 1.54) is 24.6 Å². The Morgan fingerprint density at radius 2 is 1.82 bits per heavy atom. The molecule has 2 aromatic carbocycles. The molecule has 4 aromatic rings. The van der Waals surface area contributed by atoms with Gasteiger partial charge in [-0.25, -0.2) is 18.5 Å². The minimum atomic E-state index is -1.35. The lowest BCUT2D eigenvalue weighted by molar-refractivity contribution is 0.0699. The Morgan fingerprint density at radius 1 is 1.12 bits per heavy atom. The lowest BCUT2D eigenvalue weighted by atomic mass is 9.77. The molecular weight excluding hydrogens is 463 g/mol. The van der Waals surface area contributed by atoms with Gasteiger partial charge in [0.25, 0.3) is 5.56 Å². The number of carboxylic acid groups (broad SMARTS) is 1. The first kappa shape index (κ1) is 23.1. The summed E-state index contributed by atoms with van der Waals surface area (Å²) in [6.07, 6.45) is 0. The Bertz CT molecular complexity index is 1580. The number of benzene rings is 2. The van der Waals surface area contributed by atoms with Crippen molar-refractivity contribution in [3.8, 4) is 11.4 Å². The average Bonchev–Trinajstić information content (AvgIpc) is 3.24. The third kappa shape index (κ3) is 3.61. The van der Waals surface area contributed by atoms with Crippen LogP contribution in [0, 0.1) is 5.82 Å². The quantitative estimate of drug-likeness (QED) is 0.404. The highest BCUT2D eigenvalue weighted by Crippen LogP contribution is 2.33. The SMILES string of the molecule is COc1ccccc1C(=O)C(C)(C)c1ccc(F)c(-n2c(=O)[nH]c3scc(C(=O)O)c3c2=O)c1. The molecule has 0 aliphatic carbocycles. The molecule has 2 aromatic heterocycles. The number of carbonyl (C=O) groups is 2. The Hall–Kier alpha value is -4.05. The number of H-pyrrole nitrogens is 1. The molecule has 0 spiro atoms. The van der Waals surface area contributed by atoms with E-state index in [-0.39, 0.29) is 21.6 Å². The summed E-state index contributed by atoms with van der Waals surface area (Å²) >= 11 is 0.891. The number of thiophene rings is 1. The molecule has 0 atom stereocenters. The van der Waals surface area contributed by atoms with Gasteiger partial charge in [-0.05, 0) is 43.7 Å². The molecule has 0 radical (unpaired) electrons. The number of halogens is 1. The summed E-state index contributed by atoms with van der Waals surface area (Å²) in [4.78, 5) is 53.3. The van der Waals surface area contributed by atoms with E-state index in [0.717, 1.165) is 17.4 Å². The minimum absolute atomic E-state index is 0.0758. The van der Waals surface area contributed by atoms with Crippen LogP contribution in [0.3, 0.4) is 0 Å². The molecule has 0 saturated heterocycles. The maximum absolute atomic E-state index is 14.9. The number of nitrogens with one attached hydrogen (secondary N) is 1. The second kappa shape index (κ2) is 8.38. The molecule has 0 saturated carbocycles. The van der Waals surface area contributed by atoms with Crippen LogP contribution in [0.4, 0.5) is 4.39 Å². The standard InChI is InChI=1S/C24H19FN2O6S/c1-24(2,19(28)13-6-4-5-7-17(13)33-3)12-8-9-15(25)16(10-12)27-21(29)18-14(22(30)31)11-34-20(18)26-23(27)32/h4-11H,1-3H3,(H,26,32)(H,30,31). The number of fused-ring (bicyclic) bond motifs is 1. The number of carboxylic acids is 1. The fourth-order valence-electron chi connectivity index (χ4n) is 3.77. The Morgan fingerprint density at radius 3 is 2.50 bits per heavy atom. The largest absolute Gasteiger partial charge is 0.496 e. The van der Waals surface area contributed by atoms with Crippen molar-refractivity contribution in [3.05, 3.63) is 91.2 Å². The van der Waals surface area contributed by atoms with Gasteiger partial charge in [0.15, 0.2) is 5.78 Å². The summed E-state index contributed by atoms with van der Waals surface area (Å²) < 4.78 is 20.7. The van der Waals surface area contributed by atoms with Crippen LogP contribution in [0.25, 0.3) is 15.9 Å². The van der Waals surface area contributed by atoms with Crippen molar-refractivity contribution in [2.45, 2.75) is 19.3 Å². The number of rotatable bonds is 6. The molecule has 2 N–H and O–H groups in total. The van der Waals surface area contributed by atoms with E-state index in [9.17, 15) is 28.7 Å². The van der Waals surface area contributed by atoms with Gasteiger partial charge in [0, 0.05) is 5.38 Å². The number of hydrogen-bond donors (Lipinski definition) is 2. The molecule has 0 amide bonds. The number of aromatic nitrogens is 2. The van der Waals surface area contributed by atoms with Gasteiger partial charge in [-0.1, -0.05) is 18.2 Å². The fraction of sp³-hybridized carbons (Fsp3) is 0.167. The van der Waals surface area contributed by atoms with Gasteiger partial charge in [-0.15, -0.1) is 11.3 Å². The van der Waals surface area contributed by atoms with Gasteiger partial charge in [0.2, 0.25) is 0 Å². The molecule has 34 heavy (non-hydrogen) atoms. The fourth-order valence-corrected chi connectivity index (χ4v) is 4.68. The van der Waals surface area contributed by atoms with Crippen molar-refractivity contribution in [1.82, 2.24) is 9.55 Å². The van der Waals surface area contributed by atoms with Crippen molar-refractivity contribution in [2.24, 2.45) is 0 Å². The first-order valence-electron chi connectivity index (χ1n) is 10.1. The molecule has 8 nitrogen and oxygen atoms in total. The van der Waals surface area contributed by atoms with Crippen LogP contribution in [-0.4, -0.2) is 33.5 Å². The number of nitrogens with zero attached hydrogens (tertiary/aromatic N) is 1. The van der Waals surface area contributed by atoms with E-state index in [2.05, 4.69) is 4.98 Å². The molecule has 174 valence electrons. The first-order valence-corrected chi connectivity index (χ1v) is 10.9. The second-order valence-corrected chi connectivity index (χ2v) is 8.93. The molecule has 2 heterocycles. The van der Waals surface area contributed by atoms with Crippen LogP contribution >= 0.6 is 11.3 Å². The van der Waals surface area contributed by atoms with Crippen LogP contribution in [0.15, 0.2) is 57.4 Å². The molecule has 0 unspecified atom stereocenters. The van der Waals surface area contributed by atoms with Gasteiger partial charge in [-0.2, -0.15) is 0 Å². The lowest BCUT2D eigenvalue weighted by Crippen LogP contribution is -2.35. The van der Waals surface area contributed by atoms with E-state index in [1.807, 2.05) is 0 Å². The summed E-state index contributed by atoms with van der Waals surface area (Å²) in [5, 5.41) is 10.4. The summed E-state index contributed by atoms with van der Waals surface area (Å²) in [7, 11) is 1.44. The van der Waals surface area contributed by atoms with E-state index >= 15 is 0 Å². The van der Waals surface area contributed by atoms with Gasteiger partial charge >= 0.3 is 11.7 Å². The summed E-state index contributed by atoms with van der Waals surface area (Å²) in [6.45, 7) is 3.27. The molecule has 0 aliphatic heterocycles. The number of hydrogen-bond acceptors (Lipinski definition) is 6. The monoisotopic (exact) mass is 482 g/mol. The van der Waals surface area contributed by atoms with Crippen molar-refractivity contribution < 1.29 is 23.8 Å².